The third kappa shape index (κ3) is 3.41. The van der Waals surface area contributed by atoms with Gasteiger partial charge in [-0.05, 0) is 49.4 Å². The molecule has 2 aromatic rings. The van der Waals surface area contributed by atoms with Crippen LogP contribution >= 0.6 is 0 Å². The Bertz CT molecular complexity index is 990. The molecule has 2 saturated heterocycles. The van der Waals surface area contributed by atoms with Crippen LogP contribution in [0.2, 0.25) is 0 Å². The number of rotatable bonds is 4. The summed E-state index contributed by atoms with van der Waals surface area (Å²) in [5, 5.41) is 8.99. The van der Waals surface area contributed by atoms with Gasteiger partial charge in [-0.15, -0.1) is 0 Å². The molecule has 0 N–H and O–H groups in total. The summed E-state index contributed by atoms with van der Waals surface area (Å²) in [7, 11) is 0. The van der Waals surface area contributed by atoms with Crippen molar-refractivity contribution >= 4 is 0 Å². The normalized spacial score (nSPS) is 21.8. The molecule has 5 rings (SSSR count). The average molecular weight is 407 g/mol. The molecule has 0 saturated carbocycles. The summed E-state index contributed by atoms with van der Waals surface area (Å²) in [6, 6.07) is 10.0. The van der Waals surface area contributed by atoms with Crippen LogP contribution in [0.3, 0.4) is 0 Å². The molecule has 1 atom stereocenters. The van der Waals surface area contributed by atoms with Crippen molar-refractivity contribution in [1.82, 2.24) is 9.88 Å². The van der Waals surface area contributed by atoms with E-state index in [4.69, 9.17) is 14.7 Å². The molecule has 30 heavy (non-hydrogen) atoms. The van der Waals surface area contributed by atoms with Crippen LogP contribution in [-0.4, -0.2) is 42.2 Å². The molecule has 1 spiro atoms. The second-order valence-corrected chi connectivity index (χ2v) is 8.78. The third-order valence-electron chi connectivity index (χ3n) is 6.82. The van der Waals surface area contributed by atoms with Gasteiger partial charge in [0, 0.05) is 36.3 Å². The number of nitrogens with zero attached hydrogens (tertiary/aromatic N) is 3. The Hall–Kier alpha value is -2.33. The summed E-state index contributed by atoms with van der Waals surface area (Å²) in [6.07, 6.45) is 4.22. The average Bonchev–Trinajstić information content (AvgIpc) is 3.07. The number of piperidine rings is 1. The van der Waals surface area contributed by atoms with Crippen molar-refractivity contribution in [3.05, 3.63) is 53.0 Å². The summed E-state index contributed by atoms with van der Waals surface area (Å²) >= 11 is 0. The number of halogens is 1. The first kappa shape index (κ1) is 19.6. The van der Waals surface area contributed by atoms with Crippen molar-refractivity contribution in [2.75, 3.05) is 26.3 Å². The fraction of sp³-hybridized carbons (Fsp3) is 0.500. The topological polar surface area (TPSA) is 58.4 Å². The molecule has 1 aromatic heterocycles. The van der Waals surface area contributed by atoms with Gasteiger partial charge in [0.2, 0.25) is 0 Å². The second-order valence-electron chi connectivity index (χ2n) is 8.78. The molecule has 0 aliphatic carbocycles. The van der Waals surface area contributed by atoms with Gasteiger partial charge >= 0.3 is 0 Å². The van der Waals surface area contributed by atoms with Crippen molar-refractivity contribution < 1.29 is 13.9 Å². The highest BCUT2D eigenvalue weighted by atomic mass is 19.1. The van der Waals surface area contributed by atoms with Crippen LogP contribution in [0.15, 0.2) is 30.5 Å². The Labute approximate surface area is 176 Å². The van der Waals surface area contributed by atoms with Gasteiger partial charge in [0.05, 0.1) is 43.2 Å². The lowest BCUT2D eigenvalue weighted by molar-refractivity contribution is -0.119. The first-order valence-corrected chi connectivity index (χ1v) is 10.7. The van der Waals surface area contributed by atoms with E-state index in [1.165, 1.54) is 11.6 Å². The van der Waals surface area contributed by atoms with Crippen LogP contribution in [0.25, 0.3) is 11.3 Å². The maximum Gasteiger partial charge on any atom is 0.127 e. The van der Waals surface area contributed by atoms with E-state index in [2.05, 4.69) is 22.0 Å². The molecule has 6 heteroatoms. The lowest BCUT2D eigenvalue weighted by atomic mass is 9.83. The summed E-state index contributed by atoms with van der Waals surface area (Å²) in [5.41, 5.74) is 4.19. The largest absolute Gasteiger partial charge is 0.378 e. The molecule has 3 aliphatic rings. The number of aromatic nitrogens is 1. The van der Waals surface area contributed by atoms with Crippen molar-refractivity contribution in [3.8, 4) is 17.3 Å². The van der Waals surface area contributed by atoms with Gasteiger partial charge in [0.15, 0.2) is 0 Å². The number of benzene rings is 1. The summed E-state index contributed by atoms with van der Waals surface area (Å²) < 4.78 is 26.3. The zero-order valence-corrected chi connectivity index (χ0v) is 17.2. The molecular weight excluding hydrogens is 381 g/mol. The molecule has 156 valence electrons. The van der Waals surface area contributed by atoms with E-state index in [0.717, 1.165) is 56.0 Å². The lowest BCUT2D eigenvalue weighted by Gasteiger charge is -2.45. The van der Waals surface area contributed by atoms with Gasteiger partial charge in [-0.1, -0.05) is 12.1 Å². The van der Waals surface area contributed by atoms with E-state index >= 15 is 0 Å². The predicted molar refractivity (Wildman–Crippen MR) is 110 cm³/mol. The van der Waals surface area contributed by atoms with Gasteiger partial charge in [0.25, 0.3) is 0 Å². The fourth-order valence-corrected chi connectivity index (χ4v) is 4.82. The Balaban J connectivity index is 1.39. The number of likely N-dealkylation sites (tertiary alicyclic amines) is 1. The predicted octanol–water partition coefficient (Wildman–Crippen LogP) is 3.81. The van der Waals surface area contributed by atoms with E-state index in [9.17, 15) is 4.39 Å². The summed E-state index contributed by atoms with van der Waals surface area (Å²) in [4.78, 5) is 7.09. The van der Waals surface area contributed by atoms with Crippen molar-refractivity contribution in [2.24, 2.45) is 5.92 Å². The van der Waals surface area contributed by atoms with Crippen LogP contribution in [-0.2, 0) is 28.1 Å². The van der Waals surface area contributed by atoms with Gasteiger partial charge in [-0.3, -0.25) is 9.88 Å². The molecule has 3 aliphatic heterocycles. The standard InChI is InChI=1S/C24H26FN3O2/c1-16(11-26)8-17-2-3-18(9-22(17)25)23-10-21-19(12-27-23)13-30-24(21)4-6-28(7-5-24)20-14-29-15-20/h2-3,9-10,12,16,20H,4-8,13-15H2,1H3/t16-/m0/s1. The molecule has 1 aromatic carbocycles. The number of nitriles is 1. The Morgan fingerprint density at radius 1 is 1.30 bits per heavy atom. The second kappa shape index (κ2) is 7.73. The van der Waals surface area contributed by atoms with Gasteiger partial charge in [-0.2, -0.15) is 5.26 Å². The lowest BCUT2D eigenvalue weighted by Crippen LogP contribution is -2.54. The molecule has 5 nitrogen and oxygen atoms in total. The van der Waals surface area contributed by atoms with Crippen LogP contribution in [0.4, 0.5) is 4.39 Å². The van der Waals surface area contributed by atoms with Gasteiger partial charge in [0.1, 0.15) is 5.82 Å². The van der Waals surface area contributed by atoms with Crippen LogP contribution < -0.4 is 0 Å². The minimum Gasteiger partial charge on any atom is -0.378 e. The van der Waals surface area contributed by atoms with Crippen molar-refractivity contribution in [2.45, 2.75) is 44.4 Å². The van der Waals surface area contributed by atoms with Crippen molar-refractivity contribution in [1.29, 1.82) is 5.26 Å². The van der Waals surface area contributed by atoms with Gasteiger partial charge in [-0.25, -0.2) is 4.39 Å². The number of fused-ring (bicyclic) bond motifs is 2. The Kier molecular flexibility index (Phi) is 5.06. The third-order valence-corrected chi connectivity index (χ3v) is 6.82. The molecular formula is C24H26FN3O2. The Morgan fingerprint density at radius 2 is 2.10 bits per heavy atom. The molecule has 0 radical (unpaired) electrons. The zero-order chi connectivity index (χ0) is 20.7. The fourth-order valence-electron chi connectivity index (χ4n) is 4.82. The minimum atomic E-state index is -0.279. The highest BCUT2D eigenvalue weighted by Gasteiger charge is 2.44. The van der Waals surface area contributed by atoms with E-state index in [0.29, 0.717) is 24.6 Å². The molecule has 4 heterocycles. The summed E-state index contributed by atoms with van der Waals surface area (Å²) in [5.74, 6) is -0.489. The molecule has 0 amide bonds. The number of hydrogen-bond donors (Lipinski definition) is 0. The minimum absolute atomic E-state index is 0.210. The van der Waals surface area contributed by atoms with E-state index in [1.807, 2.05) is 12.3 Å². The zero-order valence-electron chi connectivity index (χ0n) is 17.2. The monoisotopic (exact) mass is 407 g/mol. The molecule has 2 fully saturated rings. The van der Waals surface area contributed by atoms with E-state index in [1.54, 1.807) is 13.0 Å². The summed E-state index contributed by atoms with van der Waals surface area (Å²) in [6.45, 7) is 6.09. The van der Waals surface area contributed by atoms with E-state index < -0.39 is 0 Å². The number of pyridine rings is 1. The maximum atomic E-state index is 14.6. The quantitative estimate of drug-likeness (QED) is 0.771. The van der Waals surface area contributed by atoms with Crippen molar-refractivity contribution in [3.63, 3.8) is 0 Å². The highest BCUT2D eigenvalue weighted by Crippen LogP contribution is 2.45. The first-order chi connectivity index (χ1) is 14.6. The smallest absolute Gasteiger partial charge is 0.127 e. The first-order valence-electron chi connectivity index (χ1n) is 10.7. The maximum absolute atomic E-state index is 14.6. The highest BCUT2D eigenvalue weighted by molar-refractivity contribution is 5.62. The molecule has 0 unspecified atom stereocenters. The SMILES string of the molecule is C[C@H](C#N)Cc1ccc(-c2cc3c(cn2)COC32CCN(C3COC3)CC2)cc1F. The number of hydrogen-bond acceptors (Lipinski definition) is 5. The Morgan fingerprint density at radius 3 is 2.77 bits per heavy atom. The van der Waals surface area contributed by atoms with Crippen LogP contribution in [0.5, 0.6) is 0 Å². The number of ether oxygens (including phenoxy) is 2. The van der Waals surface area contributed by atoms with Gasteiger partial charge < -0.3 is 9.47 Å². The molecule has 0 bridgehead atoms. The van der Waals surface area contributed by atoms with Crippen LogP contribution in [0, 0.1) is 23.1 Å². The van der Waals surface area contributed by atoms with Crippen LogP contribution in [0.1, 0.15) is 36.5 Å². The van der Waals surface area contributed by atoms with E-state index in [-0.39, 0.29) is 17.3 Å².